The maximum absolute atomic E-state index is 12.3. The number of aryl methyl sites for hydroxylation is 1. The quantitative estimate of drug-likeness (QED) is 0.871. The van der Waals surface area contributed by atoms with E-state index in [0.717, 1.165) is 10.0 Å². The van der Waals surface area contributed by atoms with Gasteiger partial charge in [0, 0.05) is 24.5 Å². The highest BCUT2D eigenvalue weighted by molar-refractivity contribution is 9.10. The maximum atomic E-state index is 12.3. The Morgan fingerprint density at radius 3 is 2.76 bits per heavy atom. The molecule has 0 saturated carbocycles. The van der Waals surface area contributed by atoms with Crippen molar-refractivity contribution in [2.75, 3.05) is 19.0 Å². The number of ether oxygens (including phenoxy) is 1. The van der Waals surface area contributed by atoms with Gasteiger partial charge >= 0.3 is 12.0 Å². The molecule has 114 valence electrons. The van der Waals surface area contributed by atoms with Crippen molar-refractivity contribution < 1.29 is 19.4 Å². The fourth-order valence-electron chi connectivity index (χ4n) is 2.34. The van der Waals surface area contributed by atoms with Crippen molar-refractivity contribution in [2.24, 2.45) is 0 Å². The molecular formula is C14H17BrN2O4. The molecule has 2 amide bonds. The van der Waals surface area contributed by atoms with Crippen molar-refractivity contribution in [3.05, 3.63) is 28.2 Å². The second kappa shape index (κ2) is 6.44. The zero-order valence-electron chi connectivity index (χ0n) is 11.8. The van der Waals surface area contributed by atoms with Crippen molar-refractivity contribution in [3.63, 3.8) is 0 Å². The molecule has 1 saturated heterocycles. The van der Waals surface area contributed by atoms with Gasteiger partial charge in [0.05, 0.1) is 11.8 Å². The van der Waals surface area contributed by atoms with E-state index in [2.05, 4.69) is 21.2 Å². The Morgan fingerprint density at radius 1 is 1.48 bits per heavy atom. The number of hydrogen-bond donors (Lipinski definition) is 2. The largest absolute Gasteiger partial charge is 0.480 e. The SMILES string of the molecule is COC1CC(C(=O)O)N(C(=O)Nc2ccc(C)cc2Br)C1. The third-order valence-corrected chi connectivity index (χ3v) is 4.16. The maximum Gasteiger partial charge on any atom is 0.326 e. The summed E-state index contributed by atoms with van der Waals surface area (Å²) < 4.78 is 5.92. The standard InChI is InChI=1S/C14H17BrN2O4/c1-8-3-4-11(10(15)5-8)16-14(20)17-7-9(21-2)6-12(17)13(18)19/h3-5,9,12H,6-7H2,1-2H3,(H,16,20)(H,18,19). The number of nitrogens with one attached hydrogen (secondary N) is 1. The summed E-state index contributed by atoms with van der Waals surface area (Å²) >= 11 is 3.38. The van der Waals surface area contributed by atoms with Gasteiger partial charge in [0.2, 0.25) is 0 Å². The number of anilines is 1. The van der Waals surface area contributed by atoms with Crippen LogP contribution in [0, 0.1) is 6.92 Å². The van der Waals surface area contributed by atoms with E-state index in [0.29, 0.717) is 12.1 Å². The van der Waals surface area contributed by atoms with Gasteiger partial charge in [0.25, 0.3) is 0 Å². The molecule has 7 heteroatoms. The zero-order valence-corrected chi connectivity index (χ0v) is 13.4. The third-order valence-electron chi connectivity index (χ3n) is 3.51. The number of halogens is 1. The molecule has 6 nitrogen and oxygen atoms in total. The van der Waals surface area contributed by atoms with Crippen LogP contribution in [0.1, 0.15) is 12.0 Å². The van der Waals surface area contributed by atoms with E-state index >= 15 is 0 Å². The number of benzene rings is 1. The number of hydrogen-bond acceptors (Lipinski definition) is 3. The van der Waals surface area contributed by atoms with Crippen LogP contribution < -0.4 is 5.32 Å². The summed E-state index contributed by atoms with van der Waals surface area (Å²) in [4.78, 5) is 24.9. The summed E-state index contributed by atoms with van der Waals surface area (Å²) in [5.41, 5.74) is 1.67. The number of aliphatic carboxylic acids is 1. The van der Waals surface area contributed by atoms with Crippen LogP contribution in [0.2, 0.25) is 0 Å². The second-order valence-corrected chi connectivity index (χ2v) is 5.87. The number of carbonyl (C=O) groups is 2. The highest BCUT2D eigenvalue weighted by Crippen LogP contribution is 2.26. The van der Waals surface area contributed by atoms with Crippen LogP contribution >= 0.6 is 15.9 Å². The van der Waals surface area contributed by atoms with Crippen molar-refractivity contribution >= 4 is 33.6 Å². The van der Waals surface area contributed by atoms with E-state index in [4.69, 9.17) is 4.74 Å². The molecule has 2 unspecified atom stereocenters. The van der Waals surface area contributed by atoms with Crippen molar-refractivity contribution in [1.29, 1.82) is 0 Å². The van der Waals surface area contributed by atoms with Crippen LogP contribution in [-0.2, 0) is 9.53 Å². The molecule has 2 rings (SSSR count). The van der Waals surface area contributed by atoms with E-state index in [1.165, 1.54) is 12.0 Å². The fraction of sp³-hybridized carbons (Fsp3) is 0.429. The summed E-state index contributed by atoms with van der Waals surface area (Å²) in [7, 11) is 1.52. The first kappa shape index (κ1) is 15.8. The third kappa shape index (κ3) is 3.54. The zero-order chi connectivity index (χ0) is 15.6. The highest BCUT2D eigenvalue weighted by atomic mass is 79.9. The van der Waals surface area contributed by atoms with E-state index in [-0.39, 0.29) is 12.6 Å². The Labute approximate surface area is 131 Å². The van der Waals surface area contributed by atoms with E-state index in [1.807, 2.05) is 19.1 Å². The van der Waals surface area contributed by atoms with Crippen LogP contribution in [0.15, 0.2) is 22.7 Å². The highest BCUT2D eigenvalue weighted by Gasteiger charge is 2.39. The lowest BCUT2D eigenvalue weighted by Crippen LogP contribution is -2.43. The second-order valence-electron chi connectivity index (χ2n) is 5.01. The van der Waals surface area contributed by atoms with Crippen LogP contribution in [0.3, 0.4) is 0 Å². The molecule has 1 aromatic rings. The Kier molecular flexibility index (Phi) is 4.84. The lowest BCUT2D eigenvalue weighted by atomic mass is 10.2. The number of methoxy groups -OCH3 is 1. The number of carboxylic acid groups (broad SMARTS) is 1. The summed E-state index contributed by atoms with van der Waals surface area (Å²) in [6.07, 6.45) is 0.0484. The van der Waals surface area contributed by atoms with Gasteiger partial charge in [-0.15, -0.1) is 0 Å². The Bertz CT molecular complexity index is 564. The number of amides is 2. The number of nitrogens with zero attached hydrogens (tertiary/aromatic N) is 1. The minimum absolute atomic E-state index is 0.252. The Hall–Kier alpha value is -1.60. The monoisotopic (exact) mass is 356 g/mol. The number of likely N-dealkylation sites (tertiary alicyclic amines) is 1. The average Bonchev–Trinajstić information content (AvgIpc) is 2.86. The molecule has 1 aliphatic heterocycles. The molecule has 1 fully saturated rings. The van der Waals surface area contributed by atoms with Crippen molar-refractivity contribution in [2.45, 2.75) is 25.5 Å². The van der Waals surface area contributed by atoms with Gasteiger partial charge < -0.3 is 20.1 Å². The normalized spacial score (nSPS) is 21.4. The first-order chi connectivity index (χ1) is 9.92. The van der Waals surface area contributed by atoms with Gasteiger partial charge in [-0.25, -0.2) is 9.59 Å². The molecule has 0 aliphatic carbocycles. The van der Waals surface area contributed by atoms with E-state index in [9.17, 15) is 14.7 Å². The van der Waals surface area contributed by atoms with Crippen LogP contribution in [-0.4, -0.2) is 47.8 Å². The Balaban J connectivity index is 2.13. The first-order valence-corrected chi connectivity index (χ1v) is 7.31. The van der Waals surface area contributed by atoms with Crippen molar-refractivity contribution in [3.8, 4) is 0 Å². The predicted molar refractivity (Wildman–Crippen MR) is 81.4 cm³/mol. The average molecular weight is 357 g/mol. The molecule has 2 atom stereocenters. The van der Waals surface area contributed by atoms with Gasteiger partial charge in [0.1, 0.15) is 6.04 Å². The van der Waals surface area contributed by atoms with Gasteiger partial charge in [0.15, 0.2) is 0 Å². The summed E-state index contributed by atoms with van der Waals surface area (Å²) in [5, 5.41) is 11.9. The van der Waals surface area contributed by atoms with Crippen LogP contribution in [0.25, 0.3) is 0 Å². The van der Waals surface area contributed by atoms with Gasteiger partial charge in [-0.05, 0) is 40.5 Å². The molecule has 1 aliphatic rings. The topological polar surface area (TPSA) is 78.9 Å². The number of carbonyl (C=O) groups excluding carboxylic acids is 1. The molecule has 0 radical (unpaired) electrons. The molecule has 0 bridgehead atoms. The number of rotatable bonds is 3. The van der Waals surface area contributed by atoms with Gasteiger partial charge in [-0.3, -0.25) is 0 Å². The summed E-state index contributed by atoms with van der Waals surface area (Å²) in [6, 6.07) is 4.23. The predicted octanol–water partition coefficient (Wildman–Crippen LogP) is 2.46. The minimum atomic E-state index is -1.02. The molecule has 0 spiro atoms. The molecule has 2 N–H and O–H groups in total. The van der Waals surface area contributed by atoms with E-state index < -0.39 is 18.0 Å². The molecule has 0 aromatic heterocycles. The van der Waals surface area contributed by atoms with E-state index in [1.54, 1.807) is 6.07 Å². The first-order valence-electron chi connectivity index (χ1n) is 6.51. The molecule has 1 aromatic carbocycles. The molecule has 21 heavy (non-hydrogen) atoms. The van der Waals surface area contributed by atoms with Crippen LogP contribution in [0.4, 0.5) is 10.5 Å². The lowest BCUT2D eigenvalue weighted by Gasteiger charge is -2.22. The lowest BCUT2D eigenvalue weighted by molar-refractivity contribution is -0.141. The van der Waals surface area contributed by atoms with Crippen LogP contribution in [0.5, 0.6) is 0 Å². The van der Waals surface area contributed by atoms with Gasteiger partial charge in [-0.2, -0.15) is 0 Å². The van der Waals surface area contributed by atoms with Crippen molar-refractivity contribution in [1.82, 2.24) is 4.90 Å². The number of urea groups is 1. The minimum Gasteiger partial charge on any atom is -0.480 e. The molecule has 1 heterocycles. The summed E-state index contributed by atoms with van der Waals surface area (Å²) in [6.45, 7) is 2.21. The number of carboxylic acids is 1. The molecular weight excluding hydrogens is 340 g/mol. The summed E-state index contributed by atoms with van der Waals surface area (Å²) in [5.74, 6) is -1.02. The van der Waals surface area contributed by atoms with Gasteiger partial charge in [-0.1, -0.05) is 6.07 Å². The smallest absolute Gasteiger partial charge is 0.326 e. The fourth-order valence-corrected chi connectivity index (χ4v) is 2.93. The Morgan fingerprint density at radius 2 is 2.19 bits per heavy atom.